The van der Waals surface area contributed by atoms with Crippen molar-refractivity contribution >= 4 is 0 Å². The van der Waals surface area contributed by atoms with Crippen molar-refractivity contribution in [3.05, 3.63) is 0 Å². The maximum atomic E-state index is 9.50. The molecule has 0 bridgehead atoms. The van der Waals surface area contributed by atoms with E-state index in [1.165, 1.54) is 0 Å². The van der Waals surface area contributed by atoms with Crippen molar-refractivity contribution in [1.29, 1.82) is 0 Å². The van der Waals surface area contributed by atoms with E-state index in [-0.39, 0.29) is 0 Å². The summed E-state index contributed by atoms with van der Waals surface area (Å²) in [7, 11) is 1.73. The second-order valence-electron chi connectivity index (χ2n) is 3.68. The average Bonchev–Trinajstić information content (AvgIpc) is 1.57. The first-order valence-corrected chi connectivity index (χ1v) is 3.79. The van der Waals surface area contributed by atoms with Gasteiger partial charge in [0.1, 0.15) is 0 Å². The van der Waals surface area contributed by atoms with Crippen molar-refractivity contribution in [2.24, 2.45) is 5.92 Å². The Kier molecular flexibility index (Phi) is 2.02. The van der Waals surface area contributed by atoms with E-state index in [0.29, 0.717) is 12.0 Å². The van der Waals surface area contributed by atoms with E-state index >= 15 is 0 Å². The molecule has 2 heteroatoms. The maximum absolute atomic E-state index is 9.50. The van der Waals surface area contributed by atoms with Crippen molar-refractivity contribution in [3.63, 3.8) is 0 Å². The molecule has 0 aromatic rings. The Balaban J connectivity index is 2.26. The van der Waals surface area contributed by atoms with Gasteiger partial charge in [-0.3, -0.25) is 0 Å². The van der Waals surface area contributed by atoms with Gasteiger partial charge in [-0.15, -0.1) is 0 Å². The van der Waals surface area contributed by atoms with Gasteiger partial charge in [0.05, 0.1) is 11.7 Å². The second kappa shape index (κ2) is 2.51. The predicted octanol–water partition coefficient (Wildman–Crippen LogP) is 1.18. The standard InChI is InChI=1S/C8H16O2/c1-8(2,9)6-4-7(5-6)10-3/h6-7,9H,4-5H2,1-3H3. The van der Waals surface area contributed by atoms with E-state index in [9.17, 15) is 5.11 Å². The molecule has 1 rings (SSSR count). The maximum Gasteiger partial charge on any atom is 0.0621 e. The monoisotopic (exact) mass is 144 g/mol. The summed E-state index contributed by atoms with van der Waals surface area (Å²) in [6.45, 7) is 3.73. The zero-order valence-electron chi connectivity index (χ0n) is 6.92. The zero-order chi connectivity index (χ0) is 7.78. The molecule has 1 N–H and O–H groups in total. The molecule has 0 saturated heterocycles. The Hall–Kier alpha value is -0.0800. The molecule has 1 saturated carbocycles. The van der Waals surface area contributed by atoms with Crippen LogP contribution in [0.4, 0.5) is 0 Å². The van der Waals surface area contributed by atoms with Gasteiger partial charge in [-0.1, -0.05) is 0 Å². The summed E-state index contributed by atoms with van der Waals surface area (Å²) in [4.78, 5) is 0. The molecule has 0 spiro atoms. The minimum absolute atomic E-state index is 0.399. The highest BCUT2D eigenvalue weighted by Gasteiger charge is 2.38. The number of aliphatic hydroxyl groups is 1. The summed E-state index contributed by atoms with van der Waals surface area (Å²) in [5.41, 5.74) is -0.505. The number of ether oxygens (including phenoxy) is 1. The molecule has 0 radical (unpaired) electrons. The second-order valence-corrected chi connectivity index (χ2v) is 3.68. The van der Waals surface area contributed by atoms with Crippen LogP contribution in [0.2, 0.25) is 0 Å². The molecule has 0 aromatic carbocycles. The van der Waals surface area contributed by atoms with Gasteiger partial charge in [0.2, 0.25) is 0 Å². The summed E-state index contributed by atoms with van der Waals surface area (Å²) in [6, 6.07) is 0. The first kappa shape index (κ1) is 8.02. The van der Waals surface area contributed by atoms with Crippen LogP contribution < -0.4 is 0 Å². The predicted molar refractivity (Wildman–Crippen MR) is 39.8 cm³/mol. The molecule has 0 heterocycles. The van der Waals surface area contributed by atoms with E-state index in [1.807, 2.05) is 13.8 Å². The van der Waals surface area contributed by atoms with Crippen LogP contribution in [0.3, 0.4) is 0 Å². The molecule has 0 aliphatic heterocycles. The highest BCUT2D eigenvalue weighted by atomic mass is 16.5. The molecule has 0 amide bonds. The van der Waals surface area contributed by atoms with Gasteiger partial charge in [0, 0.05) is 7.11 Å². The van der Waals surface area contributed by atoms with Crippen LogP contribution in [0.25, 0.3) is 0 Å². The van der Waals surface area contributed by atoms with Crippen molar-refractivity contribution in [1.82, 2.24) is 0 Å². The molecule has 0 atom stereocenters. The van der Waals surface area contributed by atoms with Gasteiger partial charge in [0.25, 0.3) is 0 Å². The molecule has 0 aromatic heterocycles. The lowest BCUT2D eigenvalue weighted by Crippen LogP contribution is -2.43. The molecule has 1 fully saturated rings. The van der Waals surface area contributed by atoms with E-state index in [1.54, 1.807) is 7.11 Å². The van der Waals surface area contributed by atoms with Crippen LogP contribution in [0.1, 0.15) is 26.7 Å². The minimum Gasteiger partial charge on any atom is -0.390 e. The number of rotatable bonds is 2. The van der Waals surface area contributed by atoms with Gasteiger partial charge >= 0.3 is 0 Å². The quantitative estimate of drug-likeness (QED) is 0.630. The third kappa shape index (κ3) is 1.50. The van der Waals surface area contributed by atoms with Gasteiger partial charge < -0.3 is 9.84 Å². The number of methoxy groups -OCH3 is 1. The first-order chi connectivity index (χ1) is 4.54. The largest absolute Gasteiger partial charge is 0.390 e. The van der Waals surface area contributed by atoms with E-state index < -0.39 is 5.60 Å². The van der Waals surface area contributed by atoms with Crippen LogP contribution in [0.15, 0.2) is 0 Å². The Morgan fingerprint density at radius 3 is 2.20 bits per heavy atom. The third-order valence-corrected chi connectivity index (χ3v) is 2.43. The van der Waals surface area contributed by atoms with Crippen LogP contribution >= 0.6 is 0 Å². The Morgan fingerprint density at radius 1 is 1.40 bits per heavy atom. The van der Waals surface area contributed by atoms with Gasteiger partial charge in [-0.2, -0.15) is 0 Å². The highest BCUT2D eigenvalue weighted by Crippen LogP contribution is 2.37. The summed E-state index contributed by atoms with van der Waals surface area (Å²) >= 11 is 0. The summed E-state index contributed by atoms with van der Waals surface area (Å²) in [5, 5.41) is 9.50. The van der Waals surface area contributed by atoms with Crippen LogP contribution in [0, 0.1) is 5.92 Å². The fraction of sp³-hybridized carbons (Fsp3) is 1.00. The molecule has 1 aliphatic rings. The van der Waals surface area contributed by atoms with Gasteiger partial charge in [-0.05, 0) is 32.6 Å². The third-order valence-electron chi connectivity index (χ3n) is 2.43. The van der Waals surface area contributed by atoms with Crippen LogP contribution in [-0.2, 0) is 4.74 Å². The molecule has 10 heavy (non-hydrogen) atoms. The summed E-state index contributed by atoms with van der Waals surface area (Å²) in [5.74, 6) is 0.442. The summed E-state index contributed by atoms with van der Waals surface area (Å²) in [6.07, 6.45) is 2.43. The lowest BCUT2D eigenvalue weighted by Gasteiger charge is -2.41. The fourth-order valence-corrected chi connectivity index (χ4v) is 1.33. The van der Waals surface area contributed by atoms with Crippen molar-refractivity contribution < 1.29 is 9.84 Å². The lowest BCUT2D eigenvalue weighted by molar-refractivity contribution is -0.0899. The normalized spacial score (nSPS) is 33.6. The summed E-state index contributed by atoms with van der Waals surface area (Å²) < 4.78 is 5.10. The number of hydrogen-bond acceptors (Lipinski definition) is 2. The lowest BCUT2D eigenvalue weighted by atomic mass is 9.72. The van der Waals surface area contributed by atoms with E-state index in [0.717, 1.165) is 12.8 Å². The van der Waals surface area contributed by atoms with Gasteiger partial charge in [0.15, 0.2) is 0 Å². The van der Waals surface area contributed by atoms with Crippen molar-refractivity contribution in [2.75, 3.05) is 7.11 Å². The molecule has 1 aliphatic carbocycles. The van der Waals surface area contributed by atoms with Crippen LogP contribution in [-0.4, -0.2) is 23.9 Å². The molecule has 0 unspecified atom stereocenters. The minimum atomic E-state index is -0.505. The molecular formula is C8H16O2. The highest BCUT2D eigenvalue weighted by molar-refractivity contribution is 4.89. The number of hydrogen-bond donors (Lipinski definition) is 1. The Bertz CT molecular complexity index is 109. The first-order valence-electron chi connectivity index (χ1n) is 3.79. The Morgan fingerprint density at radius 2 is 1.90 bits per heavy atom. The van der Waals surface area contributed by atoms with Crippen LogP contribution in [0.5, 0.6) is 0 Å². The van der Waals surface area contributed by atoms with E-state index in [2.05, 4.69) is 0 Å². The van der Waals surface area contributed by atoms with Gasteiger partial charge in [-0.25, -0.2) is 0 Å². The Labute approximate surface area is 62.2 Å². The average molecular weight is 144 g/mol. The smallest absolute Gasteiger partial charge is 0.0621 e. The SMILES string of the molecule is COC1CC(C(C)(C)O)C1. The molecule has 2 nitrogen and oxygen atoms in total. The zero-order valence-corrected chi connectivity index (χ0v) is 6.92. The van der Waals surface area contributed by atoms with Crippen molar-refractivity contribution in [2.45, 2.75) is 38.4 Å². The molecule has 60 valence electrons. The fourth-order valence-electron chi connectivity index (χ4n) is 1.33. The van der Waals surface area contributed by atoms with E-state index in [4.69, 9.17) is 4.74 Å². The molecular weight excluding hydrogens is 128 g/mol. The van der Waals surface area contributed by atoms with Crippen molar-refractivity contribution in [3.8, 4) is 0 Å². The topological polar surface area (TPSA) is 29.5 Å².